The third-order valence-electron chi connectivity index (χ3n) is 2.72. The molecule has 22 heavy (non-hydrogen) atoms. The molecule has 7 heteroatoms. The van der Waals surface area contributed by atoms with Gasteiger partial charge in [-0.15, -0.1) is 17.8 Å². The summed E-state index contributed by atoms with van der Waals surface area (Å²) in [7, 11) is -3.55. The summed E-state index contributed by atoms with van der Waals surface area (Å²) in [6.07, 6.45) is 5.25. The van der Waals surface area contributed by atoms with Crippen LogP contribution in [0.4, 0.5) is 5.69 Å². The number of anilines is 1. The van der Waals surface area contributed by atoms with Gasteiger partial charge in [0.2, 0.25) is 5.91 Å². The third-order valence-corrected chi connectivity index (χ3v) is 5.50. The molecule has 2 N–H and O–H groups in total. The van der Waals surface area contributed by atoms with Crippen LogP contribution in [0, 0.1) is 12.3 Å². The van der Waals surface area contributed by atoms with Crippen LogP contribution in [0.3, 0.4) is 0 Å². The number of sulfonamides is 1. The van der Waals surface area contributed by atoms with Crippen LogP contribution < -0.4 is 10.0 Å². The Balaban J connectivity index is 2.01. The molecule has 2 rings (SSSR count). The summed E-state index contributed by atoms with van der Waals surface area (Å²) < 4.78 is 26.9. The molecule has 0 unspecified atom stereocenters. The van der Waals surface area contributed by atoms with Crippen molar-refractivity contribution >= 4 is 33.0 Å². The highest BCUT2D eigenvalue weighted by atomic mass is 32.2. The average molecular weight is 334 g/mol. The van der Waals surface area contributed by atoms with Crippen LogP contribution in [-0.2, 0) is 21.2 Å². The number of hydrogen-bond donors (Lipinski definition) is 2. The third kappa shape index (κ3) is 4.35. The predicted molar refractivity (Wildman–Crippen MR) is 87.1 cm³/mol. The van der Waals surface area contributed by atoms with E-state index in [2.05, 4.69) is 16.0 Å². The average Bonchev–Trinajstić information content (AvgIpc) is 3.02. The van der Waals surface area contributed by atoms with Gasteiger partial charge in [0, 0.05) is 5.69 Å². The summed E-state index contributed by atoms with van der Waals surface area (Å²) in [4.78, 5) is 11.5. The van der Waals surface area contributed by atoms with Crippen molar-refractivity contribution in [2.24, 2.45) is 0 Å². The lowest BCUT2D eigenvalue weighted by molar-refractivity contribution is -0.120. The van der Waals surface area contributed by atoms with Crippen LogP contribution in [0.25, 0.3) is 0 Å². The lowest BCUT2D eigenvalue weighted by atomic mass is 10.1. The molecular formula is C15H14N2O3S2. The quantitative estimate of drug-likeness (QED) is 0.792. The van der Waals surface area contributed by atoms with Crippen molar-refractivity contribution in [2.75, 3.05) is 11.3 Å². The zero-order valence-electron chi connectivity index (χ0n) is 11.6. The Morgan fingerprint density at radius 1 is 1.23 bits per heavy atom. The van der Waals surface area contributed by atoms with Crippen molar-refractivity contribution in [1.82, 2.24) is 5.32 Å². The normalized spacial score (nSPS) is 10.7. The molecule has 0 radical (unpaired) electrons. The van der Waals surface area contributed by atoms with E-state index in [1.54, 1.807) is 35.7 Å². The number of carbonyl (C=O) groups is 1. The molecule has 0 aliphatic carbocycles. The number of carbonyl (C=O) groups excluding carboxylic acids is 1. The smallest absolute Gasteiger partial charge is 0.271 e. The molecule has 1 aromatic carbocycles. The van der Waals surface area contributed by atoms with Crippen LogP contribution in [0.15, 0.2) is 46.0 Å². The Morgan fingerprint density at radius 3 is 2.55 bits per heavy atom. The zero-order valence-corrected chi connectivity index (χ0v) is 13.2. The molecule has 1 amide bonds. The van der Waals surface area contributed by atoms with Gasteiger partial charge < -0.3 is 5.32 Å². The minimum absolute atomic E-state index is 0.176. The first-order chi connectivity index (χ1) is 10.5. The number of hydrogen-bond acceptors (Lipinski definition) is 4. The van der Waals surface area contributed by atoms with Gasteiger partial charge in [-0.1, -0.05) is 24.1 Å². The van der Waals surface area contributed by atoms with Gasteiger partial charge >= 0.3 is 0 Å². The van der Waals surface area contributed by atoms with Gasteiger partial charge in [0.25, 0.3) is 10.0 Å². The van der Waals surface area contributed by atoms with Gasteiger partial charge in [-0.3, -0.25) is 9.52 Å². The van der Waals surface area contributed by atoms with E-state index in [1.807, 2.05) is 0 Å². The summed E-state index contributed by atoms with van der Waals surface area (Å²) in [5.74, 6) is 2.15. The van der Waals surface area contributed by atoms with Gasteiger partial charge in [0.15, 0.2) is 0 Å². The van der Waals surface area contributed by atoms with Crippen molar-refractivity contribution < 1.29 is 13.2 Å². The van der Waals surface area contributed by atoms with Crippen molar-refractivity contribution in [3.63, 3.8) is 0 Å². The maximum Gasteiger partial charge on any atom is 0.271 e. The molecule has 0 bridgehead atoms. The number of terminal acetylenes is 1. The molecule has 0 spiro atoms. The summed E-state index contributed by atoms with van der Waals surface area (Å²) in [6.45, 7) is 0.192. The number of benzene rings is 1. The van der Waals surface area contributed by atoms with Gasteiger partial charge in [0.05, 0.1) is 13.0 Å². The number of thiophene rings is 1. The van der Waals surface area contributed by atoms with E-state index in [0.29, 0.717) is 5.69 Å². The highest BCUT2D eigenvalue weighted by molar-refractivity contribution is 7.94. The van der Waals surface area contributed by atoms with Gasteiger partial charge in [-0.05, 0) is 29.1 Å². The first-order valence-corrected chi connectivity index (χ1v) is 8.73. The Morgan fingerprint density at radius 2 is 1.95 bits per heavy atom. The van der Waals surface area contributed by atoms with Crippen molar-refractivity contribution in [3.8, 4) is 12.3 Å². The van der Waals surface area contributed by atoms with Crippen LogP contribution in [0.1, 0.15) is 5.56 Å². The van der Waals surface area contributed by atoms with E-state index in [0.717, 1.165) is 16.9 Å². The molecule has 1 heterocycles. The van der Waals surface area contributed by atoms with Crippen molar-refractivity contribution in [2.45, 2.75) is 10.6 Å². The fourth-order valence-corrected chi connectivity index (χ4v) is 3.76. The highest BCUT2D eigenvalue weighted by Gasteiger charge is 2.14. The largest absolute Gasteiger partial charge is 0.345 e. The predicted octanol–water partition coefficient (Wildman–Crippen LogP) is 1.84. The molecule has 0 fully saturated rings. The van der Waals surface area contributed by atoms with Crippen LogP contribution in [0.5, 0.6) is 0 Å². The molecule has 1 aromatic heterocycles. The molecule has 5 nitrogen and oxygen atoms in total. The lowest BCUT2D eigenvalue weighted by Gasteiger charge is -2.07. The van der Waals surface area contributed by atoms with Crippen molar-refractivity contribution in [3.05, 3.63) is 47.3 Å². The number of rotatable bonds is 6. The topological polar surface area (TPSA) is 75.3 Å². The fraction of sp³-hybridized carbons (Fsp3) is 0.133. The summed E-state index contributed by atoms with van der Waals surface area (Å²) >= 11 is 1.15. The maximum absolute atomic E-state index is 12.1. The minimum atomic E-state index is -3.55. The van der Waals surface area contributed by atoms with E-state index in [1.165, 1.54) is 6.07 Å². The van der Waals surface area contributed by atoms with E-state index in [9.17, 15) is 13.2 Å². The standard InChI is InChI=1S/C15H14N2O3S2/c1-2-9-16-14(18)11-12-5-7-13(8-6-12)17-22(19,20)15-4-3-10-21-15/h1,3-8,10,17H,9,11H2,(H,16,18). The van der Waals surface area contributed by atoms with Gasteiger partial charge in [-0.25, -0.2) is 8.42 Å². The van der Waals surface area contributed by atoms with Gasteiger partial charge in [-0.2, -0.15) is 0 Å². The highest BCUT2D eigenvalue weighted by Crippen LogP contribution is 2.20. The summed E-state index contributed by atoms with van der Waals surface area (Å²) in [6, 6.07) is 9.85. The Bertz CT molecular complexity index is 773. The number of amides is 1. The maximum atomic E-state index is 12.1. The zero-order chi connectivity index (χ0) is 16.0. The Hall–Kier alpha value is -2.30. The Labute approximate surface area is 133 Å². The lowest BCUT2D eigenvalue weighted by Crippen LogP contribution is -2.25. The molecule has 0 atom stereocenters. The first-order valence-electron chi connectivity index (χ1n) is 6.37. The fourth-order valence-electron chi connectivity index (χ4n) is 1.71. The number of nitrogens with one attached hydrogen (secondary N) is 2. The van der Waals surface area contributed by atoms with Crippen LogP contribution in [-0.4, -0.2) is 20.9 Å². The summed E-state index contributed by atoms with van der Waals surface area (Å²) in [5, 5.41) is 4.27. The first kappa shape index (κ1) is 16.1. The second-order valence-corrected chi connectivity index (χ2v) is 7.25. The molecule has 0 saturated heterocycles. The second-order valence-electron chi connectivity index (χ2n) is 4.39. The van der Waals surface area contributed by atoms with E-state index >= 15 is 0 Å². The molecule has 114 valence electrons. The van der Waals surface area contributed by atoms with Crippen LogP contribution >= 0.6 is 11.3 Å². The monoisotopic (exact) mass is 334 g/mol. The SMILES string of the molecule is C#CCNC(=O)Cc1ccc(NS(=O)(=O)c2cccs2)cc1. The van der Waals surface area contributed by atoms with E-state index in [-0.39, 0.29) is 23.1 Å². The van der Waals surface area contributed by atoms with Crippen LogP contribution in [0.2, 0.25) is 0 Å². The molecule has 0 aliphatic heterocycles. The molecule has 0 aliphatic rings. The second kappa shape index (κ2) is 7.11. The molecule has 0 saturated carbocycles. The Kier molecular flexibility index (Phi) is 5.20. The molecule has 2 aromatic rings. The van der Waals surface area contributed by atoms with Crippen molar-refractivity contribution in [1.29, 1.82) is 0 Å². The minimum Gasteiger partial charge on any atom is -0.345 e. The van der Waals surface area contributed by atoms with E-state index in [4.69, 9.17) is 6.42 Å². The summed E-state index contributed by atoms with van der Waals surface area (Å²) in [5.41, 5.74) is 1.22. The van der Waals surface area contributed by atoms with Gasteiger partial charge in [0.1, 0.15) is 4.21 Å². The molecular weight excluding hydrogens is 320 g/mol. The van der Waals surface area contributed by atoms with E-state index < -0.39 is 10.0 Å².